The Kier molecular flexibility index (Phi) is 2.36. The van der Waals surface area contributed by atoms with E-state index in [1.807, 2.05) is 6.92 Å². The SMILES string of the molecule is CCc1cccc(C2(C(C)O)CC2)c1. The molecule has 0 bridgehead atoms. The summed E-state index contributed by atoms with van der Waals surface area (Å²) in [4.78, 5) is 0. The summed E-state index contributed by atoms with van der Waals surface area (Å²) in [5.74, 6) is 0. The van der Waals surface area contributed by atoms with E-state index in [0.717, 1.165) is 19.3 Å². The van der Waals surface area contributed by atoms with Crippen LogP contribution in [0.15, 0.2) is 24.3 Å². The summed E-state index contributed by atoms with van der Waals surface area (Å²) < 4.78 is 0. The topological polar surface area (TPSA) is 20.2 Å². The second kappa shape index (κ2) is 3.39. The fraction of sp³-hybridized carbons (Fsp3) is 0.538. The highest BCUT2D eigenvalue weighted by molar-refractivity contribution is 5.35. The Hall–Kier alpha value is -0.820. The molecule has 0 saturated heterocycles. The van der Waals surface area contributed by atoms with Gasteiger partial charge in [0.05, 0.1) is 6.10 Å². The van der Waals surface area contributed by atoms with E-state index < -0.39 is 0 Å². The summed E-state index contributed by atoms with van der Waals surface area (Å²) in [5, 5.41) is 9.76. The third-order valence-corrected chi connectivity index (χ3v) is 3.50. The van der Waals surface area contributed by atoms with Crippen LogP contribution in [-0.2, 0) is 11.8 Å². The monoisotopic (exact) mass is 190 g/mol. The molecule has 1 aliphatic carbocycles. The molecule has 1 atom stereocenters. The standard InChI is InChI=1S/C13H18O/c1-3-11-5-4-6-12(9-11)13(7-8-13)10(2)14/h4-6,9-10,14H,3,7-8H2,1-2H3. The number of hydrogen-bond donors (Lipinski definition) is 1. The van der Waals surface area contributed by atoms with Crippen molar-refractivity contribution in [2.75, 3.05) is 0 Å². The molecule has 14 heavy (non-hydrogen) atoms. The highest BCUT2D eigenvalue weighted by Gasteiger charge is 2.48. The molecular formula is C13H18O. The number of aliphatic hydroxyl groups is 1. The minimum Gasteiger partial charge on any atom is -0.392 e. The minimum atomic E-state index is -0.213. The van der Waals surface area contributed by atoms with Gasteiger partial charge in [0, 0.05) is 5.41 Å². The molecule has 0 spiro atoms. The van der Waals surface area contributed by atoms with Gasteiger partial charge in [-0.25, -0.2) is 0 Å². The van der Waals surface area contributed by atoms with E-state index in [0.29, 0.717) is 0 Å². The van der Waals surface area contributed by atoms with Gasteiger partial charge in [-0.05, 0) is 37.3 Å². The molecule has 0 heterocycles. The van der Waals surface area contributed by atoms with Crippen molar-refractivity contribution in [1.82, 2.24) is 0 Å². The fourth-order valence-corrected chi connectivity index (χ4v) is 2.18. The zero-order chi connectivity index (χ0) is 10.2. The second-order valence-corrected chi connectivity index (χ2v) is 4.39. The Labute approximate surface area is 85.8 Å². The lowest BCUT2D eigenvalue weighted by Gasteiger charge is -2.19. The van der Waals surface area contributed by atoms with Crippen molar-refractivity contribution in [2.24, 2.45) is 0 Å². The van der Waals surface area contributed by atoms with Gasteiger partial charge in [0.1, 0.15) is 0 Å². The van der Waals surface area contributed by atoms with Gasteiger partial charge < -0.3 is 5.11 Å². The van der Waals surface area contributed by atoms with Gasteiger partial charge in [0.2, 0.25) is 0 Å². The summed E-state index contributed by atoms with van der Waals surface area (Å²) in [7, 11) is 0. The molecule has 0 radical (unpaired) electrons. The van der Waals surface area contributed by atoms with E-state index in [9.17, 15) is 5.11 Å². The van der Waals surface area contributed by atoms with Crippen molar-refractivity contribution in [3.8, 4) is 0 Å². The van der Waals surface area contributed by atoms with Gasteiger partial charge in [-0.15, -0.1) is 0 Å². The van der Waals surface area contributed by atoms with Gasteiger partial charge in [-0.1, -0.05) is 31.2 Å². The van der Waals surface area contributed by atoms with Crippen LogP contribution < -0.4 is 0 Å². The highest BCUT2D eigenvalue weighted by atomic mass is 16.3. The van der Waals surface area contributed by atoms with E-state index in [1.54, 1.807) is 0 Å². The maximum absolute atomic E-state index is 9.76. The fourth-order valence-electron chi connectivity index (χ4n) is 2.18. The largest absolute Gasteiger partial charge is 0.392 e. The van der Waals surface area contributed by atoms with Crippen molar-refractivity contribution in [1.29, 1.82) is 0 Å². The molecule has 1 aromatic carbocycles. The van der Waals surface area contributed by atoms with Crippen molar-refractivity contribution in [3.05, 3.63) is 35.4 Å². The van der Waals surface area contributed by atoms with E-state index in [2.05, 4.69) is 31.2 Å². The second-order valence-electron chi connectivity index (χ2n) is 4.39. The molecule has 1 unspecified atom stereocenters. The van der Waals surface area contributed by atoms with Crippen molar-refractivity contribution in [3.63, 3.8) is 0 Å². The van der Waals surface area contributed by atoms with E-state index in [1.165, 1.54) is 11.1 Å². The highest BCUT2D eigenvalue weighted by Crippen LogP contribution is 2.50. The third kappa shape index (κ3) is 1.46. The lowest BCUT2D eigenvalue weighted by atomic mass is 9.89. The maximum atomic E-state index is 9.76. The first kappa shape index (κ1) is 9.72. The predicted molar refractivity (Wildman–Crippen MR) is 58.4 cm³/mol. The Bertz CT molecular complexity index is 324. The van der Waals surface area contributed by atoms with Gasteiger partial charge in [-0.3, -0.25) is 0 Å². The summed E-state index contributed by atoms with van der Waals surface area (Å²) in [6, 6.07) is 8.66. The third-order valence-electron chi connectivity index (χ3n) is 3.50. The van der Waals surface area contributed by atoms with Gasteiger partial charge in [0.15, 0.2) is 0 Å². The van der Waals surface area contributed by atoms with Crippen LogP contribution in [0.3, 0.4) is 0 Å². The molecule has 1 aliphatic rings. The summed E-state index contributed by atoms with van der Waals surface area (Å²) in [6.07, 6.45) is 3.13. The zero-order valence-corrected chi connectivity index (χ0v) is 8.96. The quantitative estimate of drug-likeness (QED) is 0.777. The number of aryl methyl sites for hydroxylation is 1. The van der Waals surface area contributed by atoms with Crippen molar-refractivity contribution >= 4 is 0 Å². The molecule has 76 valence electrons. The molecule has 0 amide bonds. The normalized spacial score (nSPS) is 20.5. The van der Waals surface area contributed by atoms with Crippen molar-refractivity contribution in [2.45, 2.75) is 44.6 Å². The summed E-state index contributed by atoms with van der Waals surface area (Å²) in [5.41, 5.74) is 2.78. The van der Waals surface area contributed by atoms with Crippen LogP contribution in [0.5, 0.6) is 0 Å². The molecule has 1 nitrogen and oxygen atoms in total. The van der Waals surface area contributed by atoms with Crippen LogP contribution in [0.4, 0.5) is 0 Å². The molecule has 2 rings (SSSR count). The van der Waals surface area contributed by atoms with Gasteiger partial charge >= 0.3 is 0 Å². The van der Waals surface area contributed by atoms with E-state index in [-0.39, 0.29) is 11.5 Å². The first-order valence-electron chi connectivity index (χ1n) is 5.46. The van der Waals surface area contributed by atoms with Gasteiger partial charge in [0.25, 0.3) is 0 Å². The summed E-state index contributed by atoms with van der Waals surface area (Å²) in [6.45, 7) is 4.08. The zero-order valence-electron chi connectivity index (χ0n) is 8.96. The van der Waals surface area contributed by atoms with Gasteiger partial charge in [-0.2, -0.15) is 0 Å². The maximum Gasteiger partial charge on any atom is 0.0608 e. The lowest BCUT2D eigenvalue weighted by Crippen LogP contribution is -2.22. The average Bonchev–Trinajstić information content (AvgIpc) is 2.98. The van der Waals surface area contributed by atoms with Crippen molar-refractivity contribution < 1.29 is 5.11 Å². The Morgan fingerprint density at radius 3 is 2.64 bits per heavy atom. The lowest BCUT2D eigenvalue weighted by molar-refractivity contribution is 0.150. The minimum absolute atomic E-state index is 0.0885. The van der Waals surface area contributed by atoms with E-state index >= 15 is 0 Å². The average molecular weight is 190 g/mol. The molecule has 1 saturated carbocycles. The summed E-state index contributed by atoms with van der Waals surface area (Å²) >= 11 is 0. The smallest absolute Gasteiger partial charge is 0.0608 e. The molecule has 1 aromatic rings. The van der Waals surface area contributed by atoms with Crippen LogP contribution in [0, 0.1) is 0 Å². The Morgan fingerprint density at radius 1 is 1.43 bits per heavy atom. The van der Waals surface area contributed by atoms with E-state index in [4.69, 9.17) is 0 Å². The number of hydrogen-bond acceptors (Lipinski definition) is 1. The van der Waals surface area contributed by atoms with Crippen LogP contribution in [0.2, 0.25) is 0 Å². The van der Waals surface area contributed by atoms with Crippen LogP contribution >= 0.6 is 0 Å². The first-order chi connectivity index (χ1) is 6.69. The van der Waals surface area contributed by atoms with Crippen LogP contribution in [-0.4, -0.2) is 11.2 Å². The molecule has 1 heteroatoms. The molecule has 0 aliphatic heterocycles. The number of aliphatic hydroxyl groups excluding tert-OH is 1. The number of benzene rings is 1. The van der Waals surface area contributed by atoms with Crippen LogP contribution in [0.25, 0.3) is 0 Å². The molecule has 1 N–H and O–H groups in total. The predicted octanol–water partition coefficient (Wildman–Crippen LogP) is 2.66. The Morgan fingerprint density at radius 2 is 2.14 bits per heavy atom. The first-order valence-corrected chi connectivity index (χ1v) is 5.46. The molecular weight excluding hydrogens is 172 g/mol. The molecule has 1 fully saturated rings. The number of rotatable bonds is 3. The molecule has 0 aromatic heterocycles. The van der Waals surface area contributed by atoms with Crippen LogP contribution in [0.1, 0.15) is 37.8 Å². The Balaban J connectivity index is 2.32.